The molecule has 0 unspecified atom stereocenters. The van der Waals surface area contributed by atoms with Crippen LogP contribution in [0.2, 0.25) is 0 Å². The molecule has 1 aromatic heterocycles. The maximum atomic E-state index is 11.2. The number of hydrogen-bond acceptors (Lipinski definition) is 2. The summed E-state index contributed by atoms with van der Waals surface area (Å²) in [6.45, 7) is 0. The average molecular weight is 749 g/mol. The zero-order valence-electron chi connectivity index (χ0n) is 32.7. The molecule has 0 N–H and O–H groups in total. The molecular formula is C55H37LiN2O. The normalized spacial score (nSPS) is 11.0. The van der Waals surface area contributed by atoms with Crippen LogP contribution in [0, 0.1) is 0 Å². The van der Waals surface area contributed by atoms with E-state index in [2.05, 4.69) is 180 Å². The molecular weight excluding hydrogens is 712 g/mol. The van der Waals surface area contributed by atoms with Gasteiger partial charge in [-0.05, 0) is 96.0 Å². The summed E-state index contributed by atoms with van der Waals surface area (Å²) in [7, 11) is 0. The van der Waals surface area contributed by atoms with Crippen molar-refractivity contribution in [1.29, 1.82) is 0 Å². The first kappa shape index (κ1) is 37.4. The zero-order chi connectivity index (χ0) is 38.8. The quantitative estimate of drug-likeness (QED) is 0.130. The van der Waals surface area contributed by atoms with E-state index in [4.69, 9.17) is 4.98 Å². The Labute approximate surface area is 355 Å². The van der Waals surface area contributed by atoms with E-state index in [1.165, 1.54) is 54.9 Å². The molecule has 11 aromatic rings. The Morgan fingerprint density at radius 1 is 0.356 bits per heavy atom. The minimum Gasteiger partial charge on any atom is -0.872 e. The van der Waals surface area contributed by atoms with Gasteiger partial charge in [0.15, 0.2) is 0 Å². The molecule has 0 aliphatic heterocycles. The minimum atomic E-state index is 0. The molecule has 0 fully saturated rings. The second kappa shape index (κ2) is 16.4. The molecule has 0 radical (unpaired) electrons. The van der Waals surface area contributed by atoms with Gasteiger partial charge in [0, 0.05) is 11.3 Å². The third kappa shape index (κ3) is 7.09. The van der Waals surface area contributed by atoms with Gasteiger partial charge in [0.2, 0.25) is 0 Å². The van der Waals surface area contributed by atoms with E-state index in [0.717, 1.165) is 38.9 Å². The Morgan fingerprint density at radius 3 is 1.51 bits per heavy atom. The zero-order valence-corrected chi connectivity index (χ0v) is 32.7. The van der Waals surface area contributed by atoms with Crippen molar-refractivity contribution in [2.45, 2.75) is 0 Å². The predicted octanol–water partition coefficient (Wildman–Crippen LogP) is 10.9. The molecule has 0 spiro atoms. The van der Waals surface area contributed by atoms with Crippen molar-refractivity contribution in [3.8, 4) is 56.2 Å². The van der Waals surface area contributed by atoms with Gasteiger partial charge in [0.05, 0.1) is 11.0 Å². The van der Waals surface area contributed by atoms with Gasteiger partial charge in [-0.25, -0.2) is 4.98 Å². The van der Waals surface area contributed by atoms with Crippen molar-refractivity contribution in [2.24, 2.45) is 0 Å². The van der Waals surface area contributed by atoms with Crippen LogP contribution in [0.3, 0.4) is 0 Å². The summed E-state index contributed by atoms with van der Waals surface area (Å²) in [5, 5.41) is 18.0. The van der Waals surface area contributed by atoms with Crippen molar-refractivity contribution in [3.05, 3.63) is 224 Å². The van der Waals surface area contributed by atoms with Crippen molar-refractivity contribution in [1.82, 2.24) is 9.55 Å². The fourth-order valence-corrected chi connectivity index (χ4v) is 8.26. The second-order valence-corrected chi connectivity index (χ2v) is 14.4. The molecule has 10 aromatic carbocycles. The SMILES string of the molecule is [Li+].[O-]c1cccc2ccccc12.c1ccc(-c2c3ccccc3c(-c3ccccc3)c3cc(-c4ccc(-c5nc6ccccc6n5-c5ccccc5)cc4)ccc23)cc1. The molecule has 0 saturated heterocycles. The molecule has 1 heterocycles. The number of hydrogen-bond donors (Lipinski definition) is 0. The van der Waals surface area contributed by atoms with Gasteiger partial charge in [-0.2, -0.15) is 0 Å². The summed E-state index contributed by atoms with van der Waals surface area (Å²) in [5.74, 6) is 1.04. The monoisotopic (exact) mass is 748 g/mol. The number of aromatic nitrogens is 2. The van der Waals surface area contributed by atoms with Crippen LogP contribution in [0.15, 0.2) is 224 Å². The van der Waals surface area contributed by atoms with Crippen LogP contribution in [0.5, 0.6) is 5.75 Å². The van der Waals surface area contributed by atoms with Crippen LogP contribution in [0.4, 0.5) is 0 Å². The number of nitrogens with zero attached hydrogens (tertiary/aromatic N) is 2. The van der Waals surface area contributed by atoms with E-state index in [1.54, 1.807) is 12.1 Å². The Bertz CT molecular complexity index is 3210. The van der Waals surface area contributed by atoms with Gasteiger partial charge in [-0.15, -0.1) is 5.75 Å². The van der Waals surface area contributed by atoms with Crippen LogP contribution in [-0.2, 0) is 0 Å². The first-order valence-electron chi connectivity index (χ1n) is 19.6. The fraction of sp³-hybridized carbons (Fsp3) is 0. The summed E-state index contributed by atoms with van der Waals surface area (Å²) in [6, 6.07) is 78.0. The van der Waals surface area contributed by atoms with Crippen LogP contribution < -0.4 is 24.0 Å². The summed E-state index contributed by atoms with van der Waals surface area (Å²) in [6.07, 6.45) is 0. The van der Waals surface area contributed by atoms with Crippen LogP contribution >= 0.6 is 0 Å². The first-order valence-corrected chi connectivity index (χ1v) is 19.6. The average Bonchev–Trinajstić information content (AvgIpc) is 3.69. The molecule has 0 bridgehead atoms. The van der Waals surface area contributed by atoms with Crippen LogP contribution in [-0.4, -0.2) is 9.55 Å². The van der Waals surface area contributed by atoms with Gasteiger partial charge >= 0.3 is 18.9 Å². The Kier molecular flexibility index (Phi) is 10.4. The smallest absolute Gasteiger partial charge is 0.872 e. The van der Waals surface area contributed by atoms with Gasteiger partial charge in [0.1, 0.15) is 5.82 Å². The standard InChI is InChI=1S/C45H30N2.C10H8O.Li/c1-4-14-32(15-5-1)43-37-20-10-11-21-38(37)44(33-16-6-2-7-17-33)40-30-35(28-29-39(40)43)31-24-26-34(27-25-31)45-46-41-22-12-13-23-42(41)47(45)36-18-8-3-9-19-36;11-10-7-3-5-8-4-1-2-6-9(8)10;/h1-30H;1-7,11H;/q;;+1/p-1. The molecule has 0 saturated carbocycles. The van der Waals surface area contributed by atoms with Crippen LogP contribution in [0.25, 0.3) is 93.8 Å². The predicted molar refractivity (Wildman–Crippen MR) is 241 cm³/mol. The second-order valence-electron chi connectivity index (χ2n) is 14.4. The van der Waals surface area contributed by atoms with Crippen molar-refractivity contribution in [3.63, 3.8) is 0 Å². The maximum absolute atomic E-state index is 11.2. The van der Waals surface area contributed by atoms with Gasteiger partial charge < -0.3 is 5.11 Å². The third-order valence-corrected chi connectivity index (χ3v) is 11.0. The number of fused-ring (bicyclic) bond motifs is 4. The summed E-state index contributed by atoms with van der Waals surface area (Å²) in [5.41, 5.74) is 11.6. The maximum Gasteiger partial charge on any atom is 1.00 e. The topological polar surface area (TPSA) is 40.9 Å². The van der Waals surface area contributed by atoms with E-state index in [1.807, 2.05) is 36.4 Å². The largest absolute Gasteiger partial charge is 1.00 e. The minimum absolute atomic E-state index is 0. The molecule has 274 valence electrons. The number of para-hydroxylation sites is 3. The van der Waals surface area contributed by atoms with E-state index in [0.29, 0.717) is 0 Å². The molecule has 11 rings (SSSR count). The molecule has 0 atom stereocenters. The molecule has 4 heteroatoms. The Balaban J connectivity index is 0.000000324. The number of rotatable bonds is 5. The van der Waals surface area contributed by atoms with Crippen molar-refractivity contribution in [2.75, 3.05) is 0 Å². The Hall–Kier alpha value is -7.15. The van der Waals surface area contributed by atoms with Crippen LogP contribution in [0.1, 0.15) is 0 Å². The molecule has 0 aliphatic rings. The number of benzene rings is 10. The van der Waals surface area contributed by atoms with E-state index in [9.17, 15) is 5.11 Å². The number of imidazole rings is 1. The van der Waals surface area contributed by atoms with Crippen molar-refractivity contribution < 1.29 is 24.0 Å². The van der Waals surface area contributed by atoms with Gasteiger partial charge in [-0.1, -0.05) is 194 Å². The summed E-state index contributed by atoms with van der Waals surface area (Å²) >= 11 is 0. The molecule has 59 heavy (non-hydrogen) atoms. The first-order chi connectivity index (χ1) is 28.7. The summed E-state index contributed by atoms with van der Waals surface area (Å²) < 4.78 is 2.25. The van der Waals surface area contributed by atoms with E-state index < -0.39 is 0 Å². The fourth-order valence-electron chi connectivity index (χ4n) is 8.26. The third-order valence-electron chi connectivity index (χ3n) is 11.0. The van der Waals surface area contributed by atoms with Crippen molar-refractivity contribution >= 4 is 43.4 Å². The molecule has 0 amide bonds. The molecule has 3 nitrogen and oxygen atoms in total. The van der Waals surface area contributed by atoms with E-state index in [-0.39, 0.29) is 24.6 Å². The summed E-state index contributed by atoms with van der Waals surface area (Å²) in [4.78, 5) is 5.08. The Morgan fingerprint density at radius 2 is 0.847 bits per heavy atom. The van der Waals surface area contributed by atoms with Gasteiger partial charge in [-0.3, -0.25) is 4.57 Å². The van der Waals surface area contributed by atoms with E-state index >= 15 is 0 Å². The molecule has 0 aliphatic carbocycles. The van der Waals surface area contributed by atoms with Gasteiger partial charge in [0.25, 0.3) is 0 Å².